The van der Waals surface area contributed by atoms with Crippen LogP contribution in [-0.2, 0) is 5.75 Å². The van der Waals surface area contributed by atoms with E-state index in [0.29, 0.717) is 0 Å². The van der Waals surface area contributed by atoms with E-state index < -0.39 is 0 Å². The Balaban J connectivity index is 1.85. The lowest BCUT2D eigenvalue weighted by Gasteiger charge is -2.19. The van der Waals surface area contributed by atoms with Gasteiger partial charge < -0.3 is 5.32 Å². The summed E-state index contributed by atoms with van der Waals surface area (Å²) >= 11 is 2.13. The van der Waals surface area contributed by atoms with Crippen molar-refractivity contribution in [3.8, 4) is 0 Å². The molecule has 1 aliphatic carbocycles. The standard InChI is InChI=1S/C15H23NS/c1-3-16-14-8-5-9-15(14)17-11-13-7-4-6-12(2)10-13/h4,6-7,10,14-16H,3,5,8-9,11H2,1-2H3. The Morgan fingerprint density at radius 2 is 2.24 bits per heavy atom. The zero-order chi connectivity index (χ0) is 12.1. The highest BCUT2D eigenvalue weighted by molar-refractivity contribution is 7.99. The Bertz CT molecular complexity index is 351. The normalized spacial score (nSPS) is 24.1. The number of aryl methyl sites for hydroxylation is 1. The molecule has 1 aliphatic rings. The lowest BCUT2D eigenvalue weighted by atomic mass is 10.2. The van der Waals surface area contributed by atoms with Gasteiger partial charge in [0.1, 0.15) is 0 Å². The van der Waals surface area contributed by atoms with Crippen molar-refractivity contribution in [3.63, 3.8) is 0 Å². The van der Waals surface area contributed by atoms with Crippen LogP contribution in [0.5, 0.6) is 0 Å². The zero-order valence-electron chi connectivity index (χ0n) is 10.9. The number of benzene rings is 1. The number of hydrogen-bond donors (Lipinski definition) is 1. The van der Waals surface area contributed by atoms with Crippen LogP contribution in [0.1, 0.15) is 37.3 Å². The van der Waals surface area contributed by atoms with Crippen LogP contribution in [0.15, 0.2) is 24.3 Å². The van der Waals surface area contributed by atoms with Gasteiger partial charge >= 0.3 is 0 Å². The number of rotatable bonds is 5. The van der Waals surface area contributed by atoms with Crippen LogP contribution < -0.4 is 5.32 Å². The zero-order valence-corrected chi connectivity index (χ0v) is 11.7. The van der Waals surface area contributed by atoms with E-state index in [1.807, 2.05) is 0 Å². The van der Waals surface area contributed by atoms with Gasteiger partial charge in [0.25, 0.3) is 0 Å². The van der Waals surface area contributed by atoms with Crippen LogP contribution in [0.3, 0.4) is 0 Å². The van der Waals surface area contributed by atoms with Crippen LogP contribution >= 0.6 is 11.8 Å². The molecule has 0 aliphatic heterocycles. The number of hydrogen-bond acceptors (Lipinski definition) is 2. The molecular formula is C15H23NS. The molecule has 1 aromatic carbocycles. The molecule has 1 N–H and O–H groups in total. The fourth-order valence-electron chi connectivity index (χ4n) is 2.63. The van der Waals surface area contributed by atoms with Gasteiger partial charge in [-0.25, -0.2) is 0 Å². The molecule has 2 unspecified atom stereocenters. The summed E-state index contributed by atoms with van der Waals surface area (Å²) in [6.07, 6.45) is 4.14. The van der Waals surface area contributed by atoms with Crippen LogP contribution in [0.4, 0.5) is 0 Å². The van der Waals surface area contributed by atoms with Gasteiger partial charge in [-0.3, -0.25) is 0 Å². The Morgan fingerprint density at radius 3 is 3.00 bits per heavy atom. The summed E-state index contributed by atoms with van der Waals surface area (Å²) < 4.78 is 0. The predicted molar refractivity (Wildman–Crippen MR) is 77.6 cm³/mol. The van der Waals surface area contributed by atoms with E-state index in [4.69, 9.17) is 0 Å². The molecule has 0 radical (unpaired) electrons. The maximum Gasteiger partial charge on any atom is 0.0204 e. The minimum absolute atomic E-state index is 0.745. The third kappa shape index (κ3) is 3.75. The summed E-state index contributed by atoms with van der Waals surface area (Å²) in [6.45, 7) is 5.48. The van der Waals surface area contributed by atoms with Crippen molar-refractivity contribution in [1.82, 2.24) is 5.32 Å². The van der Waals surface area contributed by atoms with E-state index in [-0.39, 0.29) is 0 Å². The van der Waals surface area contributed by atoms with E-state index in [0.717, 1.165) is 23.6 Å². The van der Waals surface area contributed by atoms with Crippen molar-refractivity contribution in [3.05, 3.63) is 35.4 Å². The van der Waals surface area contributed by atoms with Crippen LogP contribution in [0.25, 0.3) is 0 Å². The van der Waals surface area contributed by atoms with Gasteiger partial charge in [0, 0.05) is 17.0 Å². The minimum Gasteiger partial charge on any atom is -0.313 e. The van der Waals surface area contributed by atoms with Crippen molar-refractivity contribution < 1.29 is 0 Å². The first-order chi connectivity index (χ1) is 8.29. The summed E-state index contributed by atoms with van der Waals surface area (Å²) in [5.74, 6) is 1.16. The Kier molecular flexibility index (Phi) is 4.93. The third-order valence-corrected chi connectivity index (χ3v) is 4.96. The smallest absolute Gasteiger partial charge is 0.0204 e. The Hall–Kier alpha value is -0.470. The van der Waals surface area contributed by atoms with E-state index in [1.165, 1.54) is 30.4 Å². The van der Waals surface area contributed by atoms with Crippen molar-refractivity contribution in [1.29, 1.82) is 0 Å². The molecular weight excluding hydrogens is 226 g/mol. The quantitative estimate of drug-likeness (QED) is 0.853. The molecule has 0 heterocycles. The molecule has 1 aromatic rings. The lowest BCUT2D eigenvalue weighted by Crippen LogP contribution is -2.33. The van der Waals surface area contributed by atoms with Crippen molar-refractivity contribution >= 4 is 11.8 Å². The lowest BCUT2D eigenvalue weighted by molar-refractivity contribution is 0.551. The van der Waals surface area contributed by atoms with Gasteiger partial charge in [0.15, 0.2) is 0 Å². The second-order valence-corrected chi connectivity index (χ2v) is 6.16. The molecule has 2 rings (SSSR count). The minimum atomic E-state index is 0.745. The number of thioether (sulfide) groups is 1. The first-order valence-electron chi connectivity index (χ1n) is 6.70. The SMILES string of the molecule is CCNC1CCCC1SCc1cccc(C)c1. The summed E-state index contributed by atoms with van der Waals surface area (Å²) in [4.78, 5) is 0. The molecule has 0 saturated heterocycles. The van der Waals surface area contributed by atoms with Crippen LogP contribution in [0, 0.1) is 6.92 Å². The molecule has 0 spiro atoms. The summed E-state index contributed by atoms with van der Waals surface area (Å²) in [5, 5.41) is 4.44. The molecule has 1 fully saturated rings. The summed E-state index contributed by atoms with van der Waals surface area (Å²) in [7, 11) is 0. The van der Waals surface area contributed by atoms with Gasteiger partial charge in [0.05, 0.1) is 0 Å². The van der Waals surface area contributed by atoms with Gasteiger partial charge in [-0.1, -0.05) is 43.2 Å². The summed E-state index contributed by atoms with van der Waals surface area (Å²) in [6, 6.07) is 9.64. The maximum absolute atomic E-state index is 3.62. The second-order valence-electron chi connectivity index (χ2n) is 4.93. The highest BCUT2D eigenvalue weighted by Crippen LogP contribution is 2.32. The number of nitrogens with one attached hydrogen (secondary N) is 1. The van der Waals surface area contributed by atoms with Gasteiger partial charge in [0.2, 0.25) is 0 Å². The monoisotopic (exact) mass is 249 g/mol. The fourth-order valence-corrected chi connectivity index (χ4v) is 4.01. The van der Waals surface area contributed by atoms with Crippen LogP contribution in [-0.4, -0.2) is 17.8 Å². The molecule has 2 atom stereocenters. The maximum atomic E-state index is 3.62. The molecule has 1 nitrogen and oxygen atoms in total. The molecule has 0 amide bonds. The molecule has 1 saturated carbocycles. The fraction of sp³-hybridized carbons (Fsp3) is 0.600. The van der Waals surface area contributed by atoms with E-state index in [1.54, 1.807) is 0 Å². The van der Waals surface area contributed by atoms with E-state index in [9.17, 15) is 0 Å². The van der Waals surface area contributed by atoms with Gasteiger partial charge in [-0.15, -0.1) is 0 Å². The van der Waals surface area contributed by atoms with E-state index in [2.05, 4.69) is 55.2 Å². The van der Waals surface area contributed by atoms with Crippen LogP contribution in [0.2, 0.25) is 0 Å². The topological polar surface area (TPSA) is 12.0 Å². The second kappa shape index (κ2) is 6.46. The average Bonchev–Trinajstić information content (AvgIpc) is 2.75. The Labute approximate surface area is 109 Å². The van der Waals surface area contributed by atoms with Gasteiger partial charge in [-0.05, 0) is 31.9 Å². The highest BCUT2D eigenvalue weighted by Gasteiger charge is 2.26. The highest BCUT2D eigenvalue weighted by atomic mass is 32.2. The molecule has 0 bridgehead atoms. The predicted octanol–water partition coefficient (Wildman–Crippen LogP) is 3.76. The molecule has 17 heavy (non-hydrogen) atoms. The van der Waals surface area contributed by atoms with Crippen molar-refractivity contribution in [2.45, 2.75) is 50.2 Å². The molecule has 94 valence electrons. The largest absolute Gasteiger partial charge is 0.313 e. The first-order valence-corrected chi connectivity index (χ1v) is 7.75. The first kappa shape index (κ1) is 13.0. The Morgan fingerprint density at radius 1 is 1.35 bits per heavy atom. The molecule has 2 heteroatoms. The van der Waals surface area contributed by atoms with Gasteiger partial charge in [-0.2, -0.15) is 11.8 Å². The average molecular weight is 249 g/mol. The molecule has 0 aromatic heterocycles. The summed E-state index contributed by atoms with van der Waals surface area (Å²) in [5.41, 5.74) is 2.84. The van der Waals surface area contributed by atoms with Crippen molar-refractivity contribution in [2.24, 2.45) is 0 Å². The third-order valence-electron chi connectivity index (χ3n) is 3.47. The van der Waals surface area contributed by atoms with Crippen molar-refractivity contribution in [2.75, 3.05) is 6.54 Å². The van der Waals surface area contributed by atoms with E-state index >= 15 is 0 Å².